The second kappa shape index (κ2) is 10.3. The van der Waals surface area contributed by atoms with Gasteiger partial charge in [0, 0.05) is 22.3 Å². The van der Waals surface area contributed by atoms with E-state index < -0.39 is 5.60 Å². The number of rotatable bonds is 2. The van der Waals surface area contributed by atoms with Crippen molar-refractivity contribution in [2.75, 3.05) is 0 Å². The molecule has 1 fully saturated rings. The molecular weight excluding hydrogens is 653 g/mol. The molecule has 236 valence electrons. The van der Waals surface area contributed by atoms with E-state index >= 15 is 0 Å². The van der Waals surface area contributed by atoms with E-state index in [1.807, 2.05) is 48.5 Å². The highest BCUT2D eigenvalue weighted by Gasteiger charge is 2.46. The van der Waals surface area contributed by atoms with Crippen LogP contribution >= 0.6 is 22.7 Å². The van der Waals surface area contributed by atoms with E-state index in [4.69, 9.17) is 14.7 Å². The third-order valence-electron chi connectivity index (χ3n) is 10.1. The number of aromatic nitrogens is 2. The molecule has 0 bridgehead atoms. The van der Waals surface area contributed by atoms with E-state index in [2.05, 4.69) is 0 Å². The van der Waals surface area contributed by atoms with Gasteiger partial charge in [-0.2, -0.15) is 0 Å². The minimum atomic E-state index is -0.675. The number of carbonyl (C=O) groups excluding carboxylic acids is 4. The molecule has 6 aromatic rings. The van der Waals surface area contributed by atoms with Crippen molar-refractivity contribution in [2.24, 2.45) is 0 Å². The van der Waals surface area contributed by atoms with E-state index in [9.17, 15) is 19.2 Å². The smallest absolute Gasteiger partial charge is 0.235 e. The van der Waals surface area contributed by atoms with Crippen molar-refractivity contribution < 1.29 is 23.9 Å². The summed E-state index contributed by atoms with van der Waals surface area (Å²) in [5.41, 5.74) is 1.96. The minimum absolute atomic E-state index is 0.0872. The standard InChI is InChI=1S/C40H24N2O5S2/c43-32-24-14-20-8-2-3-9-21(20)15-25(24)33(44)28(32)18-30-41-38-36(48-30)37-39(47-40(38)12-6-1-7-13-40)42-31(49-37)19-29-34(45)26-16-22-10-4-5-11-23(22)17-27(26)35(29)46/h2-5,8-11,14-19H,1,6-7,12-13H2. The summed E-state index contributed by atoms with van der Waals surface area (Å²) in [6.07, 6.45) is 7.77. The fourth-order valence-electron chi connectivity index (χ4n) is 7.68. The number of benzene rings is 4. The molecule has 1 aliphatic heterocycles. The molecule has 9 heteroatoms. The Morgan fingerprint density at radius 1 is 0.571 bits per heavy atom. The minimum Gasteiger partial charge on any atom is -0.463 e. The highest BCUT2D eigenvalue weighted by molar-refractivity contribution is 7.23. The van der Waals surface area contributed by atoms with Gasteiger partial charge in [-0.3, -0.25) is 19.2 Å². The van der Waals surface area contributed by atoms with Crippen LogP contribution in [-0.4, -0.2) is 33.1 Å². The van der Waals surface area contributed by atoms with Gasteiger partial charge in [0.05, 0.1) is 16.0 Å². The molecule has 7 nitrogen and oxygen atoms in total. The van der Waals surface area contributed by atoms with Crippen molar-refractivity contribution in [1.29, 1.82) is 0 Å². The Morgan fingerprint density at radius 3 is 1.47 bits per heavy atom. The SMILES string of the molecule is O=C1C(=Cc2nc3c(s2)-c2sc(C=C4C(=O)c5cc6ccccc6cc5C4=O)nc2C2(CCCCC2)O3)C(=O)c2cc3ccccc3cc21. The maximum Gasteiger partial charge on any atom is 0.235 e. The van der Waals surface area contributed by atoms with Crippen LogP contribution < -0.4 is 4.74 Å². The molecule has 49 heavy (non-hydrogen) atoms. The van der Waals surface area contributed by atoms with Crippen LogP contribution in [0.3, 0.4) is 0 Å². The predicted octanol–water partition coefficient (Wildman–Crippen LogP) is 9.05. The summed E-state index contributed by atoms with van der Waals surface area (Å²) in [7, 11) is 0. The second-order valence-electron chi connectivity index (χ2n) is 13.0. The molecule has 0 saturated heterocycles. The summed E-state index contributed by atoms with van der Waals surface area (Å²) in [6.45, 7) is 0. The van der Waals surface area contributed by atoms with Gasteiger partial charge < -0.3 is 4.74 Å². The Labute approximate surface area is 287 Å². The summed E-state index contributed by atoms with van der Waals surface area (Å²) in [5, 5.41) is 4.67. The van der Waals surface area contributed by atoms with Crippen LogP contribution in [0.15, 0.2) is 83.9 Å². The largest absolute Gasteiger partial charge is 0.463 e. The number of hydrogen-bond acceptors (Lipinski definition) is 9. The lowest BCUT2D eigenvalue weighted by Crippen LogP contribution is -2.38. The molecule has 1 saturated carbocycles. The maximum absolute atomic E-state index is 13.6. The molecule has 0 N–H and O–H groups in total. The number of carbonyl (C=O) groups is 4. The summed E-state index contributed by atoms with van der Waals surface area (Å²) in [5.74, 6) is -0.751. The van der Waals surface area contributed by atoms with Crippen LogP contribution in [0.5, 0.6) is 5.88 Å². The van der Waals surface area contributed by atoms with Gasteiger partial charge in [0.25, 0.3) is 0 Å². The first-order valence-electron chi connectivity index (χ1n) is 16.3. The monoisotopic (exact) mass is 676 g/mol. The normalized spacial score (nSPS) is 17.4. The second-order valence-corrected chi connectivity index (χ2v) is 15.1. The highest BCUT2D eigenvalue weighted by atomic mass is 32.1. The van der Waals surface area contributed by atoms with E-state index in [0.29, 0.717) is 38.1 Å². The van der Waals surface area contributed by atoms with Crippen molar-refractivity contribution >= 4 is 79.5 Å². The first kappa shape index (κ1) is 28.6. The van der Waals surface area contributed by atoms with Crippen LogP contribution in [0.4, 0.5) is 0 Å². The molecule has 1 spiro atoms. The van der Waals surface area contributed by atoms with Gasteiger partial charge in [-0.05, 0) is 83.6 Å². The quantitative estimate of drug-likeness (QED) is 0.133. The molecule has 0 atom stereocenters. The number of nitrogens with zero attached hydrogens (tertiary/aromatic N) is 2. The molecule has 3 heterocycles. The van der Waals surface area contributed by atoms with Gasteiger partial charge >= 0.3 is 0 Å². The highest BCUT2D eigenvalue weighted by Crippen LogP contribution is 2.55. The average Bonchev–Trinajstić information content (AvgIpc) is 3.85. The van der Waals surface area contributed by atoms with Crippen molar-refractivity contribution in [3.63, 3.8) is 0 Å². The van der Waals surface area contributed by atoms with Crippen molar-refractivity contribution in [1.82, 2.24) is 9.97 Å². The van der Waals surface area contributed by atoms with Gasteiger partial charge in [-0.1, -0.05) is 55.0 Å². The molecule has 2 aromatic heterocycles. The molecule has 3 aliphatic carbocycles. The maximum atomic E-state index is 13.6. The van der Waals surface area contributed by atoms with Gasteiger partial charge in [0.2, 0.25) is 5.88 Å². The Balaban J connectivity index is 1.05. The molecule has 4 aromatic carbocycles. The van der Waals surface area contributed by atoms with Crippen molar-refractivity contribution in [3.8, 4) is 15.6 Å². The summed E-state index contributed by atoms with van der Waals surface area (Å²) in [4.78, 5) is 65.6. The average molecular weight is 677 g/mol. The third kappa shape index (κ3) is 4.19. The molecule has 0 amide bonds. The van der Waals surface area contributed by atoms with E-state index in [-0.39, 0.29) is 34.3 Å². The number of ether oxygens (including phenoxy) is 1. The first-order valence-corrected chi connectivity index (χ1v) is 17.9. The van der Waals surface area contributed by atoms with E-state index in [1.165, 1.54) is 22.7 Å². The fourth-order valence-corrected chi connectivity index (χ4v) is 9.84. The molecule has 10 rings (SSSR count). The lowest BCUT2D eigenvalue weighted by molar-refractivity contribution is 0.0168. The third-order valence-corrected chi connectivity index (χ3v) is 12.3. The zero-order valence-corrected chi connectivity index (χ0v) is 27.5. The Bertz CT molecular complexity index is 2490. The lowest BCUT2D eigenvalue weighted by atomic mass is 9.80. The number of ketones is 4. The van der Waals surface area contributed by atoms with Crippen LogP contribution in [-0.2, 0) is 5.60 Å². The van der Waals surface area contributed by atoms with Crippen LogP contribution in [0.1, 0.15) is 89.2 Å². The van der Waals surface area contributed by atoms with Gasteiger partial charge in [-0.25, -0.2) is 9.97 Å². The molecular formula is C40H24N2O5S2. The predicted molar refractivity (Wildman–Crippen MR) is 190 cm³/mol. The Hall–Kier alpha value is -5.38. The van der Waals surface area contributed by atoms with Gasteiger partial charge in [0.1, 0.15) is 20.6 Å². The van der Waals surface area contributed by atoms with Crippen molar-refractivity contribution in [3.05, 3.63) is 122 Å². The van der Waals surface area contributed by atoms with Crippen LogP contribution in [0.25, 0.3) is 43.5 Å². The van der Waals surface area contributed by atoms with E-state index in [1.54, 1.807) is 36.4 Å². The number of thiazole rings is 2. The molecule has 0 radical (unpaired) electrons. The van der Waals surface area contributed by atoms with Crippen molar-refractivity contribution in [2.45, 2.75) is 37.7 Å². The number of allylic oxidation sites excluding steroid dienone is 2. The summed E-state index contributed by atoms with van der Waals surface area (Å²) in [6, 6.07) is 22.5. The summed E-state index contributed by atoms with van der Waals surface area (Å²) >= 11 is 2.76. The number of fused-ring (bicyclic) bond motifs is 8. The molecule has 0 unspecified atom stereocenters. The molecule has 4 aliphatic rings. The Morgan fingerprint density at radius 2 is 1.00 bits per heavy atom. The number of hydrogen-bond donors (Lipinski definition) is 0. The number of Topliss-reactive ketones (excluding diaryl/α,β-unsaturated/α-hetero) is 4. The first-order chi connectivity index (χ1) is 23.9. The zero-order chi connectivity index (χ0) is 33.0. The van der Waals surface area contributed by atoms with Gasteiger partial charge in [-0.15, -0.1) is 22.7 Å². The fraction of sp³-hybridized carbons (Fsp3) is 0.150. The van der Waals surface area contributed by atoms with Gasteiger partial charge in [0.15, 0.2) is 28.7 Å². The zero-order valence-electron chi connectivity index (χ0n) is 25.9. The summed E-state index contributed by atoms with van der Waals surface area (Å²) < 4.78 is 6.71. The van der Waals surface area contributed by atoms with Crippen LogP contribution in [0.2, 0.25) is 0 Å². The topological polar surface area (TPSA) is 103 Å². The Kier molecular flexibility index (Phi) is 6.02. The van der Waals surface area contributed by atoms with Crippen LogP contribution in [0, 0.1) is 0 Å². The lowest BCUT2D eigenvalue weighted by Gasteiger charge is -2.38. The van der Waals surface area contributed by atoms with E-state index in [0.717, 1.165) is 69.1 Å².